The molecule has 0 unspecified atom stereocenters. The van der Waals surface area contributed by atoms with Gasteiger partial charge in [0.1, 0.15) is 5.75 Å². The van der Waals surface area contributed by atoms with E-state index in [1.165, 1.54) is 4.90 Å². The molecule has 0 bridgehead atoms. The van der Waals surface area contributed by atoms with Crippen LogP contribution in [0.2, 0.25) is 0 Å². The van der Waals surface area contributed by atoms with E-state index in [0.29, 0.717) is 13.1 Å². The van der Waals surface area contributed by atoms with Crippen LogP contribution in [0.5, 0.6) is 5.75 Å². The molecule has 1 amide bonds. The van der Waals surface area contributed by atoms with Gasteiger partial charge in [-0.2, -0.15) is 0 Å². The van der Waals surface area contributed by atoms with Crippen molar-refractivity contribution < 1.29 is 19.2 Å². The van der Waals surface area contributed by atoms with Crippen LogP contribution in [0, 0.1) is 0 Å². The van der Waals surface area contributed by atoms with Gasteiger partial charge in [-0.05, 0) is 48.9 Å². The molecule has 0 spiro atoms. The molecule has 0 saturated carbocycles. The number of methoxy groups -OCH3 is 1. The van der Waals surface area contributed by atoms with Gasteiger partial charge in [0.2, 0.25) is 0 Å². The van der Waals surface area contributed by atoms with Crippen molar-refractivity contribution in [1.29, 1.82) is 0 Å². The summed E-state index contributed by atoms with van der Waals surface area (Å²) < 4.78 is 5.21. The first-order valence-electron chi connectivity index (χ1n) is 9.64. The number of anilines is 1. The van der Waals surface area contributed by atoms with Crippen LogP contribution < -0.4 is 19.9 Å². The monoisotopic (exact) mass is 382 g/mol. The van der Waals surface area contributed by atoms with E-state index in [0.717, 1.165) is 48.7 Å². The summed E-state index contributed by atoms with van der Waals surface area (Å²) in [6.07, 6.45) is 0. The molecule has 0 aliphatic carbocycles. The summed E-state index contributed by atoms with van der Waals surface area (Å²) >= 11 is 0. The zero-order chi connectivity index (χ0) is 19.9. The van der Waals surface area contributed by atoms with Crippen molar-refractivity contribution in [2.24, 2.45) is 0 Å². The summed E-state index contributed by atoms with van der Waals surface area (Å²) in [7, 11) is 1.64. The fraction of sp³-hybridized carbons (Fsp3) is 0.364. The predicted octanol–water partition coefficient (Wildman–Crippen LogP) is 0.919. The maximum absolute atomic E-state index is 12.3. The highest BCUT2D eigenvalue weighted by atomic mass is 16.5. The Morgan fingerprint density at radius 1 is 1.11 bits per heavy atom. The van der Waals surface area contributed by atoms with Gasteiger partial charge in [0.15, 0.2) is 12.3 Å². The van der Waals surface area contributed by atoms with E-state index in [4.69, 9.17) is 4.74 Å². The van der Waals surface area contributed by atoms with E-state index in [1.807, 2.05) is 48.5 Å². The first-order valence-corrected chi connectivity index (χ1v) is 9.64. The Balaban J connectivity index is 1.43. The van der Waals surface area contributed by atoms with Crippen LogP contribution in [0.25, 0.3) is 0 Å². The van der Waals surface area contributed by atoms with Crippen molar-refractivity contribution >= 4 is 17.4 Å². The zero-order valence-electron chi connectivity index (χ0n) is 16.5. The summed E-state index contributed by atoms with van der Waals surface area (Å²) in [6, 6.07) is 15.5. The fourth-order valence-corrected chi connectivity index (χ4v) is 3.44. The van der Waals surface area contributed by atoms with Crippen molar-refractivity contribution in [3.05, 3.63) is 59.7 Å². The third-order valence-electron chi connectivity index (χ3n) is 5.14. The van der Waals surface area contributed by atoms with Gasteiger partial charge in [-0.3, -0.25) is 9.59 Å². The summed E-state index contributed by atoms with van der Waals surface area (Å²) in [4.78, 5) is 27.3. The van der Waals surface area contributed by atoms with Gasteiger partial charge in [-0.25, -0.2) is 0 Å². The maximum atomic E-state index is 12.3. The lowest BCUT2D eigenvalue weighted by atomic mass is 10.1. The normalized spacial score (nSPS) is 14.6. The summed E-state index contributed by atoms with van der Waals surface area (Å²) in [6.45, 7) is 6.22. The van der Waals surface area contributed by atoms with E-state index < -0.39 is 0 Å². The average molecular weight is 382 g/mol. The van der Waals surface area contributed by atoms with Crippen LogP contribution in [0.3, 0.4) is 0 Å². The SMILES string of the molecule is COc1cccc(CNC(=O)C[NH+]2CCN(c3ccc(C(C)=O)cc3)CC2)c1. The number of carbonyl (C=O) groups excluding carboxylic acids is 2. The number of piperazine rings is 1. The highest BCUT2D eigenvalue weighted by molar-refractivity contribution is 5.94. The molecule has 0 aromatic heterocycles. The second kappa shape index (κ2) is 9.37. The number of hydrogen-bond acceptors (Lipinski definition) is 4. The maximum Gasteiger partial charge on any atom is 0.275 e. The van der Waals surface area contributed by atoms with Gasteiger partial charge < -0.3 is 19.9 Å². The molecule has 1 heterocycles. The highest BCUT2D eigenvalue weighted by Crippen LogP contribution is 2.15. The standard InChI is InChI=1S/C22H27N3O3/c1-17(26)19-6-8-20(9-7-19)25-12-10-24(11-13-25)16-22(27)23-15-18-4-3-5-21(14-18)28-2/h3-9,14H,10-13,15-16H2,1-2H3,(H,23,27)/p+1. The molecule has 28 heavy (non-hydrogen) atoms. The van der Waals surface area contributed by atoms with E-state index in [-0.39, 0.29) is 11.7 Å². The van der Waals surface area contributed by atoms with Crippen LogP contribution in [-0.2, 0) is 11.3 Å². The quantitative estimate of drug-likeness (QED) is 0.699. The Labute approximate surface area is 166 Å². The number of carbonyl (C=O) groups is 2. The first kappa shape index (κ1) is 19.9. The second-order valence-corrected chi connectivity index (χ2v) is 7.15. The molecular weight excluding hydrogens is 354 g/mol. The lowest BCUT2D eigenvalue weighted by Gasteiger charge is -2.33. The van der Waals surface area contributed by atoms with Crippen LogP contribution in [0.4, 0.5) is 5.69 Å². The third-order valence-corrected chi connectivity index (χ3v) is 5.14. The Morgan fingerprint density at radius 3 is 2.46 bits per heavy atom. The molecule has 6 heteroatoms. The van der Waals surface area contributed by atoms with Crippen molar-refractivity contribution in [2.45, 2.75) is 13.5 Å². The van der Waals surface area contributed by atoms with Crippen LogP contribution >= 0.6 is 0 Å². The van der Waals surface area contributed by atoms with E-state index in [2.05, 4.69) is 10.2 Å². The molecule has 3 rings (SSSR count). The topological polar surface area (TPSA) is 63.1 Å². The van der Waals surface area contributed by atoms with Crippen molar-refractivity contribution in [2.75, 3.05) is 44.7 Å². The fourth-order valence-electron chi connectivity index (χ4n) is 3.44. The minimum absolute atomic E-state index is 0.0667. The van der Waals surface area contributed by atoms with Crippen molar-refractivity contribution in [3.63, 3.8) is 0 Å². The van der Waals surface area contributed by atoms with Gasteiger partial charge in [-0.15, -0.1) is 0 Å². The molecular formula is C22H28N3O3+. The molecule has 2 N–H and O–H groups in total. The predicted molar refractivity (Wildman–Crippen MR) is 109 cm³/mol. The van der Waals surface area contributed by atoms with E-state index in [1.54, 1.807) is 14.0 Å². The molecule has 0 radical (unpaired) electrons. The summed E-state index contributed by atoms with van der Waals surface area (Å²) in [5, 5.41) is 3.00. The molecule has 1 fully saturated rings. The average Bonchev–Trinajstić information content (AvgIpc) is 2.73. The van der Waals surface area contributed by atoms with Crippen LogP contribution in [-0.4, -0.2) is 51.5 Å². The van der Waals surface area contributed by atoms with Gasteiger partial charge in [0.25, 0.3) is 5.91 Å². The number of rotatable bonds is 7. The van der Waals surface area contributed by atoms with Gasteiger partial charge >= 0.3 is 0 Å². The molecule has 1 aliphatic rings. The molecule has 6 nitrogen and oxygen atoms in total. The summed E-state index contributed by atoms with van der Waals surface area (Å²) in [5.74, 6) is 0.947. The second-order valence-electron chi connectivity index (χ2n) is 7.15. The summed E-state index contributed by atoms with van der Waals surface area (Å²) in [5.41, 5.74) is 2.90. The number of quaternary nitrogens is 1. The van der Waals surface area contributed by atoms with Crippen molar-refractivity contribution in [1.82, 2.24) is 5.32 Å². The largest absolute Gasteiger partial charge is 0.497 e. The lowest BCUT2D eigenvalue weighted by molar-refractivity contribution is -0.892. The zero-order valence-corrected chi connectivity index (χ0v) is 16.5. The molecule has 148 valence electrons. The molecule has 0 atom stereocenters. The lowest BCUT2D eigenvalue weighted by Crippen LogP contribution is -3.15. The van der Waals surface area contributed by atoms with E-state index in [9.17, 15) is 9.59 Å². The molecule has 2 aromatic carbocycles. The Kier molecular flexibility index (Phi) is 6.66. The van der Waals surface area contributed by atoms with Gasteiger partial charge in [-0.1, -0.05) is 12.1 Å². The van der Waals surface area contributed by atoms with Crippen LogP contribution in [0.1, 0.15) is 22.8 Å². The molecule has 1 aliphatic heterocycles. The van der Waals surface area contributed by atoms with Gasteiger partial charge in [0, 0.05) is 17.8 Å². The third kappa shape index (κ3) is 5.33. The number of ether oxygens (including phenoxy) is 1. The Bertz CT molecular complexity index is 812. The number of Topliss-reactive ketones (excluding diaryl/α,β-unsaturated/α-hetero) is 1. The number of amides is 1. The Morgan fingerprint density at radius 2 is 1.82 bits per heavy atom. The minimum atomic E-state index is 0.0667. The molecule has 1 saturated heterocycles. The Hall–Kier alpha value is -2.86. The first-order chi connectivity index (χ1) is 13.5. The van der Waals surface area contributed by atoms with E-state index >= 15 is 0 Å². The minimum Gasteiger partial charge on any atom is -0.497 e. The molecule has 2 aromatic rings. The highest BCUT2D eigenvalue weighted by Gasteiger charge is 2.22. The number of nitrogens with one attached hydrogen (secondary N) is 2. The number of nitrogens with zero attached hydrogens (tertiary/aromatic N) is 1. The van der Waals surface area contributed by atoms with Crippen molar-refractivity contribution in [3.8, 4) is 5.75 Å². The number of benzene rings is 2. The number of ketones is 1. The number of hydrogen-bond donors (Lipinski definition) is 2. The van der Waals surface area contributed by atoms with Crippen LogP contribution in [0.15, 0.2) is 48.5 Å². The van der Waals surface area contributed by atoms with Gasteiger partial charge in [0.05, 0.1) is 33.3 Å². The smallest absolute Gasteiger partial charge is 0.275 e.